The van der Waals surface area contributed by atoms with E-state index in [0.717, 1.165) is 31.6 Å². The van der Waals surface area contributed by atoms with Gasteiger partial charge in [0.05, 0.1) is 13.7 Å². The van der Waals surface area contributed by atoms with Crippen LogP contribution in [-0.4, -0.2) is 21.8 Å². The molecule has 0 radical (unpaired) electrons. The summed E-state index contributed by atoms with van der Waals surface area (Å²) in [5.74, 6) is 4.17. The molecular weight excluding hydrogens is 264 g/mol. The van der Waals surface area contributed by atoms with Crippen LogP contribution in [0.3, 0.4) is 0 Å². The van der Waals surface area contributed by atoms with Crippen molar-refractivity contribution in [1.82, 2.24) is 0 Å². The molecule has 1 aromatic carbocycles. The Bertz CT molecular complexity index is 435. The molecule has 0 amide bonds. The summed E-state index contributed by atoms with van der Waals surface area (Å²) >= 11 is 0. The van der Waals surface area contributed by atoms with Crippen molar-refractivity contribution in [2.24, 2.45) is 0 Å². The van der Waals surface area contributed by atoms with Crippen molar-refractivity contribution in [2.45, 2.75) is 45.5 Å². The van der Waals surface area contributed by atoms with Gasteiger partial charge in [0.25, 0.3) is 0 Å². The van der Waals surface area contributed by atoms with Crippen LogP contribution in [0.1, 0.15) is 24.8 Å². The molecule has 20 heavy (non-hydrogen) atoms. The lowest BCUT2D eigenvalue weighted by Crippen LogP contribution is -2.16. The largest absolute Gasteiger partial charge is 0.497 e. The fourth-order valence-corrected chi connectivity index (χ4v) is 2.31. The summed E-state index contributed by atoms with van der Waals surface area (Å²) < 4.78 is 10.8. The topological polar surface area (TPSA) is 18.5 Å². The third kappa shape index (κ3) is 8.03. The zero-order valence-electron chi connectivity index (χ0n) is 13.2. The van der Waals surface area contributed by atoms with Gasteiger partial charge in [-0.1, -0.05) is 31.8 Å². The Hall–Kier alpha value is -1.24. The second-order valence-corrected chi connectivity index (χ2v) is 10.7. The predicted molar refractivity (Wildman–Crippen MR) is 87.6 cm³/mol. The fraction of sp³-hybridized carbons (Fsp3) is 0.529. The molecule has 0 atom stereocenters. The number of unbranched alkanes of at least 4 members (excludes halogenated alkanes) is 2. The molecule has 0 aliphatic carbocycles. The van der Waals surface area contributed by atoms with E-state index in [2.05, 4.69) is 31.1 Å². The zero-order valence-corrected chi connectivity index (χ0v) is 14.2. The van der Waals surface area contributed by atoms with Gasteiger partial charge < -0.3 is 9.47 Å². The van der Waals surface area contributed by atoms with Crippen LogP contribution in [0.5, 0.6) is 5.75 Å². The number of hydrogen-bond donors (Lipinski definition) is 0. The van der Waals surface area contributed by atoms with E-state index < -0.39 is 8.07 Å². The van der Waals surface area contributed by atoms with Crippen LogP contribution < -0.4 is 4.74 Å². The van der Waals surface area contributed by atoms with Crippen molar-refractivity contribution >= 4 is 8.07 Å². The molecule has 2 nitrogen and oxygen atoms in total. The van der Waals surface area contributed by atoms with Crippen molar-refractivity contribution < 1.29 is 9.47 Å². The SMILES string of the molecule is COc1ccc(COCCCCC#C[Si](C)(C)C)cc1. The average Bonchev–Trinajstić information content (AvgIpc) is 2.41. The Morgan fingerprint density at radius 2 is 1.75 bits per heavy atom. The van der Waals surface area contributed by atoms with Crippen molar-refractivity contribution in [3.8, 4) is 17.2 Å². The number of benzene rings is 1. The molecule has 0 aromatic heterocycles. The van der Waals surface area contributed by atoms with Crippen LogP contribution in [0.15, 0.2) is 24.3 Å². The molecule has 110 valence electrons. The van der Waals surface area contributed by atoms with Crippen LogP contribution in [0.2, 0.25) is 19.6 Å². The van der Waals surface area contributed by atoms with E-state index >= 15 is 0 Å². The van der Waals surface area contributed by atoms with E-state index in [-0.39, 0.29) is 0 Å². The first-order valence-corrected chi connectivity index (χ1v) is 10.7. The predicted octanol–water partition coefficient (Wildman–Crippen LogP) is 4.26. The number of methoxy groups -OCH3 is 1. The third-order valence-electron chi connectivity index (χ3n) is 2.73. The molecule has 1 rings (SSSR count). The molecule has 0 saturated carbocycles. The van der Waals surface area contributed by atoms with Crippen LogP contribution in [0, 0.1) is 11.5 Å². The molecule has 1 aromatic rings. The normalized spacial score (nSPS) is 10.8. The Morgan fingerprint density at radius 1 is 1.05 bits per heavy atom. The summed E-state index contributed by atoms with van der Waals surface area (Å²) in [6, 6.07) is 8.01. The van der Waals surface area contributed by atoms with Crippen molar-refractivity contribution in [3.05, 3.63) is 29.8 Å². The van der Waals surface area contributed by atoms with Gasteiger partial charge in [-0.05, 0) is 30.5 Å². The first-order valence-electron chi connectivity index (χ1n) is 7.22. The summed E-state index contributed by atoms with van der Waals surface area (Å²) in [6.45, 7) is 8.30. The lowest BCUT2D eigenvalue weighted by atomic mass is 10.2. The maximum atomic E-state index is 5.66. The van der Waals surface area contributed by atoms with Crippen LogP contribution in [0.25, 0.3) is 0 Å². The Morgan fingerprint density at radius 3 is 2.35 bits per heavy atom. The molecule has 0 aliphatic heterocycles. The van der Waals surface area contributed by atoms with Gasteiger partial charge in [-0.25, -0.2) is 0 Å². The highest BCUT2D eigenvalue weighted by molar-refractivity contribution is 6.83. The van der Waals surface area contributed by atoms with E-state index in [1.54, 1.807) is 7.11 Å². The molecule has 0 spiro atoms. The maximum Gasteiger partial charge on any atom is 0.129 e. The smallest absolute Gasteiger partial charge is 0.129 e. The second kappa shape index (κ2) is 8.83. The first kappa shape index (κ1) is 16.8. The Kier molecular flexibility index (Phi) is 7.43. The molecular formula is C17H26O2Si. The monoisotopic (exact) mass is 290 g/mol. The lowest BCUT2D eigenvalue weighted by Gasteiger charge is -2.05. The van der Waals surface area contributed by atoms with Crippen molar-refractivity contribution in [1.29, 1.82) is 0 Å². The average molecular weight is 290 g/mol. The standard InChI is InChI=1S/C17H26O2Si/c1-18-17-11-9-16(10-12-17)15-19-13-7-5-6-8-14-20(2,3)4/h9-12H,5-7,13,15H2,1-4H3. The van der Waals surface area contributed by atoms with Gasteiger partial charge >= 0.3 is 0 Å². The van der Waals surface area contributed by atoms with E-state index in [1.165, 1.54) is 5.56 Å². The van der Waals surface area contributed by atoms with Gasteiger partial charge in [-0.15, -0.1) is 11.5 Å². The quantitative estimate of drug-likeness (QED) is 0.424. The summed E-state index contributed by atoms with van der Waals surface area (Å²) in [7, 11) is 0.490. The van der Waals surface area contributed by atoms with E-state index in [1.807, 2.05) is 24.3 Å². The summed E-state index contributed by atoms with van der Waals surface area (Å²) in [6.07, 6.45) is 3.20. The Balaban J connectivity index is 2.08. The minimum Gasteiger partial charge on any atom is -0.497 e. The van der Waals surface area contributed by atoms with Gasteiger partial charge in [0, 0.05) is 13.0 Å². The number of rotatable bonds is 7. The Labute approximate surface area is 124 Å². The molecule has 0 saturated heterocycles. The summed E-state index contributed by atoms with van der Waals surface area (Å²) in [5, 5.41) is 0. The van der Waals surface area contributed by atoms with Gasteiger partial charge in [-0.2, -0.15) is 0 Å². The highest BCUT2D eigenvalue weighted by Crippen LogP contribution is 2.12. The highest BCUT2D eigenvalue weighted by Gasteiger charge is 2.06. The van der Waals surface area contributed by atoms with Crippen LogP contribution >= 0.6 is 0 Å². The lowest BCUT2D eigenvalue weighted by molar-refractivity contribution is 0.117. The molecule has 0 N–H and O–H groups in total. The minimum absolute atomic E-state index is 0.671. The number of hydrogen-bond acceptors (Lipinski definition) is 2. The van der Waals surface area contributed by atoms with E-state index in [4.69, 9.17) is 9.47 Å². The first-order chi connectivity index (χ1) is 9.51. The van der Waals surface area contributed by atoms with Crippen molar-refractivity contribution in [3.63, 3.8) is 0 Å². The summed E-state index contributed by atoms with van der Waals surface area (Å²) in [5.41, 5.74) is 4.57. The van der Waals surface area contributed by atoms with Gasteiger partial charge in [0.1, 0.15) is 13.8 Å². The number of ether oxygens (including phenoxy) is 2. The highest BCUT2D eigenvalue weighted by atomic mass is 28.3. The zero-order chi connectivity index (χ0) is 14.8. The molecule has 0 unspecified atom stereocenters. The van der Waals surface area contributed by atoms with Crippen LogP contribution in [0.4, 0.5) is 0 Å². The fourth-order valence-electron chi connectivity index (χ4n) is 1.66. The van der Waals surface area contributed by atoms with Gasteiger partial charge in [0.15, 0.2) is 0 Å². The van der Waals surface area contributed by atoms with E-state index in [9.17, 15) is 0 Å². The second-order valence-electron chi connectivity index (χ2n) is 5.91. The minimum atomic E-state index is -1.19. The van der Waals surface area contributed by atoms with E-state index in [0.29, 0.717) is 6.61 Å². The maximum absolute atomic E-state index is 5.66. The third-order valence-corrected chi connectivity index (χ3v) is 3.66. The van der Waals surface area contributed by atoms with Crippen LogP contribution in [-0.2, 0) is 11.3 Å². The van der Waals surface area contributed by atoms with Crippen molar-refractivity contribution in [2.75, 3.05) is 13.7 Å². The molecule has 0 aliphatic rings. The molecule has 3 heteroatoms. The molecule has 0 fully saturated rings. The molecule has 0 bridgehead atoms. The molecule has 0 heterocycles. The van der Waals surface area contributed by atoms with Gasteiger partial charge in [0.2, 0.25) is 0 Å². The van der Waals surface area contributed by atoms with Gasteiger partial charge in [-0.3, -0.25) is 0 Å². The summed E-state index contributed by atoms with van der Waals surface area (Å²) in [4.78, 5) is 0.